The van der Waals surface area contributed by atoms with Crippen molar-refractivity contribution in [2.24, 2.45) is 0 Å². The third kappa shape index (κ3) is 7.06. The second-order valence-corrected chi connectivity index (χ2v) is 8.52. The Morgan fingerprint density at radius 3 is 2.48 bits per heavy atom. The molecule has 0 aliphatic heterocycles. The summed E-state index contributed by atoms with van der Waals surface area (Å²) in [6, 6.07) is 12.3. The predicted octanol–water partition coefficient (Wildman–Crippen LogP) is 5.58. The summed E-state index contributed by atoms with van der Waals surface area (Å²) in [5, 5.41) is 9.54. The maximum absolute atomic E-state index is 12.7. The summed E-state index contributed by atoms with van der Waals surface area (Å²) in [7, 11) is 0. The molecular weight excluding hydrogens is 453 g/mol. The van der Waals surface area contributed by atoms with Crippen molar-refractivity contribution in [1.82, 2.24) is 10.6 Å². The first-order valence-electron chi connectivity index (χ1n) is 10.1. The van der Waals surface area contributed by atoms with Crippen molar-refractivity contribution < 1.29 is 9.59 Å². The van der Waals surface area contributed by atoms with Crippen molar-refractivity contribution >= 4 is 64.1 Å². The Morgan fingerprint density at radius 1 is 1.00 bits per heavy atom. The highest BCUT2D eigenvalue weighted by molar-refractivity contribution is 7.80. The van der Waals surface area contributed by atoms with Crippen LogP contribution in [-0.2, 0) is 4.79 Å². The van der Waals surface area contributed by atoms with Gasteiger partial charge >= 0.3 is 0 Å². The maximum Gasteiger partial charge on any atom is 0.253 e. The van der Waals surface area contributed by atoms with Gasteiger partial charge in [-0.3, -0.25) is 14.9 Å². The van der Waals surface area contributed by atoms with Gasteiger partial charge in [0.15, 0.2) is 5.11 Å². The smallest absolute Gasteiger partial charge is 0.253 e. The summed E-state index contributed by atoms with van der Waals surface area (Å²) in [5.74, 6) is -0.611. The molecule has 0 aromatic heterocycles. The average molecular weight is 476 g/mol. The number of halogens is 2. The topological polar surface area (TPSA) is 70.2 Å². The van der Waals surface area contributed by atoms with E-state index >= 15 is 0 Å². The van der Waals surface area contributed by atoms with Gasteiger partial charge in [0.1, 0.15) is 0 Å². The Labute approximate surface area is 197 Å². The lowest BCUT2D eigenvalue weighted by Crippen LogP contribution is -2.36. The molecule has 31 heavy (non-hydrogen) atoms. The molecule has 0 bridgehead atoms. The first-order valence-corrected chi connectivity index (χ1v) is 11.2. The van der Waals surface area contributed by atoms with E-state index in [4.69, 9.17) is 35.4 Å². The van der Waals surface area contributed by atoms with E-state index in [2.05, 4.69) is 16.0 Å². The van der Waals surface area contributed by atoms with E-state index in [1.807, 2.05) is 12.1 Å². The number of hydrogen-bond acceptors (Lipinski definition) is 3. The number of hydrogen-bond donors (Lipinski definition) is 3. The van der Waals surface area contributed by atoms with Gasteiger partial charge in [-0.25, -0.2) is 0 Å². The molecule has 0 atom stereocenters. The van der Waals surface area contributed by atoms with Gasteiger partial charge in [-0.05, 0) is 61.0 Å². The van der Waals surface area contributed by atoms with Crippen molar-refractivity contribution in [3.05, 3.63) is 69.7 Å². The van der Waals surface area contributed by atoms with E-state index in [1.165, 1.54) is 12.5 Å². The van der Waals surface area contributed by atoms with Crippen molar-refractivity contribution in [3.8, 4) is 0 Å². The molecule has 0 heterocycles. The number of carbonyl (C=O) groups excluding carboxylic acids is 2. The van der Waals surface area contributed by atoms with Gasteiger partial charge in [0.2, 0.25) is 5.91 Å². The highest BCUT2D eigenvalue weighted by Gasteiger charge is 2.18. The van der Waals surface area contributed by atoms with E-state index < -0.39 is 5.91 Å². The zero-order valence-electron chi connectivity index (χ0n) is 16.8. The minimum Gasteiger partial charge on any atom is -0.349 e. The summed E-state index contributed by atoms with van der Waals surface area (Å²) in [4.78, 5) is 24.8. The first-order chi connectivity index (χ1) is 14.9. The number of amides is 2. The number of rotatable bonds is 5. The molecule has 1 aliphatic rings. The highest BCUT2D eigenvalue weighted by Crippen LogP contribution is 2.23. The zero-order valence-corrected chi connectivity index (χ0v) is 19.1. The van der Waals surface area contributed by atoms with Gasteiger partial charge in [0, 0.05) is 22.8 Å². The highest BCUT2D eigenvalue weighted by atomic mass is 35.5. The lowest BCUT2D eigenvalue weighted by molar-refractivity contribution is -0.115. The van der Waals surface area contributed by atoms with Crippen LogP contribution < -0.4 is 16.0 Å². The molecule has 1 fully saturated rings. The molecule has 3 N–H and O–H groups in total. The number of thiocarbonyl (C=S) groups is 1. The number of nitrogens with one attached hydrogen (secondary N) is 3. The number of benzene rings is 2. The van der Waals surface area contributed by atoms with Crippen LogP contribution in [0.4, 0.5) is 5.69 Å². The van der Waals surface area contributed by atoms with Crippen LogP contribution >= 0.6 is 35.4 Å². The van der Waals surface area contributed by atoms with Gasteiger partial charge in [0.25, 0.3) is 5.91 Å². The fraction of sp³-hybridized carbons (Fsp3) is 0.261. The molecule has 8 heteroatoms. The summed E-state index contributed by atoms with van der Waals surface area (Å²) in [6.07, 6.45) is 8.39. The van der Waals surface area contributed by atoms with E-state index in [1.54, 1.807) is 36.4 Å². The van der Waals surface area contributed by atoms with E-state index in [0.717, 1.165) is 31.2 Å². The molecule has 1 saturated carbocycles. The minimum absolute atomic E-state index is 0.106. The fourth-order valence-corrected chi connectivity index (χ4v) is 4.00. The second-order valence-electron chi connectivity index (χ2n) is 7.30. The van der Waals surface area contributed by atoms with Crippen LogP contribution in [0.1, 0.15) is 48.0 Å². The van der Waals surface area contributed by atoms with Crippen LogP contribution in [0.25, 0.3) is 6.08 Å². The molecule has 0 saturated heterocycles. The van der Waals surface area contributed by atoms with Gasteiger partial charge in [-0.15, -0.1) is 0 Å². The summed E-state index contributed by atoms with van der Waals surface area (Å²) in [6.45, 7) is 0. The van der Waals surface area contributed by atoms with Crippen LogP contribution in [0.2, 0.25) is 10.0 Å². The van der Waals surface area contributed by atoms with Gasteiger partial charge in [-0.1, -0.05) is 60.7 Å². The molecule has 2 aromatic rings. The lowest BCUT2D eigenvalue weighted by atomic mass is 9.95. The van der Waals surface area contributed by atoms with Crippen LogP contribution in [-0.4, -0.2) is 23.0 Å². The van der Waals surface area contributed by atoms with Crippen molar-refractivity contribution in [3.63, 3.8) is 0 Å². The quantitative estimate of drug-likeness (QED) is 0.389. The van der Waals surface area contributed by atoms with Crippen molar-refractivity contribution in [2.75, 3.05) is 5.32 Å². The van der Waals surface area contributed by atoms with Crippen LogP contribution in [0, 0.1) is 0 Å². The molecule has 2 amide bonds. The predicted molar refractivity (Wildman–Crippen MR) is 131 cm³/mol. The Kier molecular flexibility index (Phi) is 8.46. The summed E-state index contributed by atoms with van der Waals surface area (Å²) < 4.78 is 0. The Balaban J connectivity index is 1.58. The molecule has 0 radical (unpaired) electrons. The van der Waals surface area contributed by atoms with Gasteiger partial charge in [-0.2, -0.15) is 0 Å². The van der Waals surface area contributed by atoms with Gasteiger partial charge in [0.05, 0.1) is 10.6 Å². The molecule has 5 nitrogen and oxygen atoms in total. The summed E-state index contributed by atoms with van der Waals surface area (Å²) >= 11 is 17.5. The molecule has 0 unspecified atom stereocenters. The number of carbonyl (C=O) groups is 2. The van der Waals surface area contributed by atoms with E-state index in [-0.39, 0.29) is 17.1 Å². The minimum atomic E-state index is -0.401. The Bertz CT molecular complexity index is 1000. The molecule has 3 rings (SSSR count). The fourth-order valence-electron chi connectivity index (χ4n) is 3.38. The standard InChI is InChI=1S/C23H23Cl2N3O2S/c24-19-9-5-4-6-15(19)10-13-21(29)28-23(31)27-17-11-12-20(25)18(14-17)22(30)26-16-7-2-1-3-8-16/h4-6,9-14,16H,1-3,7-8H2,(H,26,30)(H2,27,28,29,31)/b13-10+. The summed E-state index contributed by atoms with van der Waals surface area (Å²) in [5.41, 5.74) is 1.65. The van der Waals surface area contributed by atoms with Crippen molar-refractivity contribution in [2.45, 2.75) is 38.1 Å². The Morgan fingerprint density at radius 2 is 1.74 bits per heavy atom. The lowest BCUT2D eigenvalue weighted by Gasteiger charge is -2.23. The first kappa shape index (κ1) is 23.3. The van der Waals surface area contributed by atoms with Crippen LogP contribution in [0.3, 0.4) is 0 Å². The second kappa shape index (κ2) is 11.3. The third-order valence-electron chi connectivity index (χ3n) is 4.97. The zero-order chi connectivity index (χ0) is 22.2. The average Bonchev–Trinajstić information content (AvgIpc) is 2.75. The molecular formula is C23H23Cl2N3O2S. The SMILES string of the molecule is O=C(/C=C/c1ccccc1Cl)NC(=S)Nc1ccc(Cl)c(C(=O)NC2CCCCC2)c1. The molecule has 2 aromatic carbocycles. The van der Waals surface area contributed by atoms with Crippen LogP contribution in [0.15, 0.2) is 48.5 Å². The van der Waals surface area contributed by atoms with Gasteiger partial charge < -0.3 is 10.6 Å². The Hall–Kier alpha value is -2.41. The molecule has 162 valence electrons. The molecule has 1 aliphatic carbocycles. The monoisotopic (exact) mass is 475 g/mol. The maximum atomic E-state index is 12.7. The largest absolute Gasteiger partial charge is 0.349 e. The third-order valence-corrected chi connectivity index (χ3v) is 5.84. The number of anilines is 1. The van der Waals surface area contributed by atoms with Crippen LogP contribution in [0.5, 0.6) is 0 Å². The van der Waals surface area contributed by atoms with E-state index in [9.17, 15) is 9.59 Å². The normalized spacial score (nSPS) is 14.3. The molecule has 0 spiro atoms. The van der Waals surface area contributed by atoms with Crippen molar-refractivity contribution in [1.29, 1.82) is 0 Å². The van der Waals surface area contributed by atoms with E-state index in [0.29, 0.717) is 21.3 Å².